The zero-order valence-corrected chi connectivity index (χ0v) is 14.2. The molecule has 1 aliphatic heterocycles. The van der Waals surface area contributed by atoms with Crippen LogP contribution in [0.25, 0.3) is 0 Å². The molecule has 1 fully saturated rings. The zero-order valence-electron chi connectivity index (χ0n) is 14.2. The molecule has 128 valence electrons. The minimum atomic E-state index is 0.504. The first-order chi connectivity index (χ1) is 11.7. The summed E-state index contributed by atoms with van der Waals surface area (Å²) in [6.07, 6.45) is 0. The van der Waals surface area contributed by atoms with E-state index in [0.29, 0.717) is 17.7 Å². The Hall–Kier alpha value is -2.70. The monoisotopic (exact) mass is 330 g/mol. The maximum Gasteiger partial charge on any atom is 0.232 e. The van der Waals surface area contributed by atoms with E-state index in [-0.39, 0.29) is 0 Å². The summed E-state index contributed by atoms with van der Waals surface area (Å²) in [6, 6.07) is 9.75. The number of methoxy groups -OCH3 is 3. The molecule has 2 heterocycles. The molecule has 0 amide bonds. The maximum absolute atomic E-state index is 5.46. The molecule has 1 aromatic carbocycles. The first-order valence-electron chi connectivity index (χ1n) is 7.85. The first-order valence-corrected chi connectivity index (χ1v) is 7.85. The Bertz CT molecular complexity index is 665. The molecule has 0 N–H and O–H groups in total. The number of nitrogens with zero attached hydrogens (tertiary/aromatic N) is 4. The van der Waals surface area contributed by atoms with Crippen molar-refractivity contribution in [2.24, 2.45) is 0 Å². The molecule has 0 atom stereocenters. The fraction of sp³-hybridized carbons (Fsp3) is 0.412. The summed E-state index contributed by atoms with van der Waals surface area (Å²) in [4.78, 5) is 13.3. The molecule has 2 aromatic rings. The van der Waals surface area contributed by atoms with E-state index in [9.17, 15) is 0 Å². The molecule has 0 bridgehead atoms. The van der Waals surface area contributed by atoms with Crippen molar-refractivity contribution in [2.75, 3.05) is 57.3 Å². The lowest BCUT2D eigenvalue weighted by Crippen LogP contribution is -2.47. The number of anilines is 2. The molecule has 0 spiro atoms. The van der Waals surface area contributed by atoms with Gasteiger partial charge in [0.25, 0.3) is 0 Å². The smallest absolute Gasteiger partial charge is 0.232 e. The van der Waals surface area contributed by atoms with Gasteiger partial charge in [-0.2, -0.15) is 9.97 Å². The van der Waals surface area contributed by atoms with Gasteiger partial charge in [0.1, 0.15) is 5.75 Å². The Kier molecular flexibility index (Phi) is 4.88. The van der Waals surface area contributed by atoms with Crippen molar-refractivity contribution in [1.29, 1.82) is 0 Å². The number of para-hydroxylation sites is 2. The van der Waals surface area contributed by atoms with Crippen molar-refractivity contribution in [3.05, 3.63) is 30.3 Å². The van der Waals surface area contributed by atoms with Crippen molar-refractivity contribution in [2.45, 2.75) is 0 Å². The van der Waals surface area contributed by atoms with Crippen LogP contribution in [0.3, 0.4) is 0 Å². The summed E-state index contributed by atoms with van der Waals surface area (Å²) >= 11 is 0. The third kappa shape index (κ3) is 3.29. The van der Waals surface area contributed by atoms with E-state index in [1.54, 1.807) is 27.4 Å². The van der Waals surface area contributed by atoms with Crippen LogP contribution in [0.4, 0.5) is 11.6 Å². The van der Waals surface area contributed by atoms with Crippen LogP contribution in [0.15, 0.2) is 30.3 Å². The Balaban J connectivity index is 1.73. The van der Waals surface area contributed by atoms with Crippen molar-refractivity contribution >= 4 is 11.6 Å². The Morgan fingerprint density at radius 1 is 0.792 bits per heavy atom. The third-order valence-corrected chi connectivity index (χ3v) is 4.07. The lowest BCUT2D eigenvalue weighted by molar-refractivity contribution is 0.371. The lowest BCUT2D eigenvalue weighted by atomic mass is 10.2. The summed E-state index contributed by atoms with van der Waals surface area (Å²) in [6.45, 7) is 3.36. The second kappa shape index (κ2) is 7.25. The zero-order chi connectivity index (χ0) is 16.9. The molecule has 7 heteroatoms. The Labute approximate surface area is 141 Å². The number of rotatable bonds is 5. The Morgan fingerprint density at radius 2 is 1.38 bits per heavy atom. The minimum Gasteiger partial charge on any atom is -0.495 e. The van der Waals surface area contributed by atoms with E-state index in [2.05, 4.69) is 25.8 Å². The molecular weight excluding hydrogens is 308 g/mol. The summed E-state index contributed by atoms with van der Waals surface area (Å²) in [5.74, 6) is 2.53. The van der Waals surface area contributed by atoms with Crippen LogP contribution < -0.4 is 24.0 Å². The highest BCUT2D eigenvalue weighted by molar-refractivity contribution is 5.59. The fourth-order valence-electron chi connectivity index (χ4n) is 2.78. The average molecular weight is 330 g/mol. The molecule has 24 heavy (non-hydrogen) atoms. The van der Waals surface area contributed by atoms with Crippen LogP contribution in [0, 0.1) is 0 Å². The molecule has 7 nitrogen and oxygen atoms in total. The van der Waals surface area contributed by atoms with Crippen LogP contribution in [0.1, 0.15) is 0 Å². The second-order valence-corrected chi connectivity index (χ2v) is 5.40. The van der Waals surface area contributed by atoms with Crippen LogP contribution >= 0.6 is 0 Å². The van der Waals surface area contributed by atoms with Gasteiger partial charge in [-0.25, -0.2) is 0 Å². The van der Waals surface area contributed by atoms with E-state index in [1.807, 2.05) is 18.2 Å². The number of ether oxygens (including phenoxy) is 3. The van der Waals surface area contributed by atoms with Crippen LogP contribution in [-0.2, 0) is 0 Å². The van der Waals surface area contributed by atoms with Crippen molar-refractivity contribution in [1.82, 2.24) is 9.97 Å². The standard InChI is InChI=1S/C17H22N4O3/c1-22-14-7-5-4-6-13(14)20-8-10-21(11-9-20)17-18-15(23-2)12-16(19-17)24-3/h4-7,12H,8-11H2,1-3H3. The lowest BCUT2D eigenvalue weighted by Gasteiger charge is -2.36. The average Bonchev–Trinajstić information content (AvgIpc) is 2.67. The molecule has 1 aromatic heterocycles. The molecule has 0 saturated carbocycles. The predicted molar refractivity (Wildman–Crippen MR) is 92.6 cm³/mol. The van der Waals surface area contributed by atoms with Crippen LogP contribution in [0.2, 0.25) is 0 Å². The van der Waals surface area contributed by atoms with Gasteiger partial charge in [-0.1, -0.05) is 12.1 Å². The number of benzene rings is 1. The SMILES string of the molecule is COc1cc(OC)nc(N2CCN(c3ccccc3OC)CC2)n1. The molecule has 3 rings (SSSR count). The van der Waals surface area contributed by atoms with Crippen LogP contribution in [0.5, 0.6) is 17.5 Å². The topological polar surface area (TPSA) is 60.0 Å². The minimum absolute atomic E-state index is 0.504. The molecule has 0 radical (unpaired) electrons. The summed E-state index contributed by atoms with van der Waals surface area (Å²) in [5, 5.41) is 0. The number of aromatic nitrogens is 2. The predicted octanol–water partition coefficient (Wildman–Crippen LogP) is 1.83. The van der Waals surface area contributed by atoms with E-state index < -0.39 is 0 Å². The van der Waals surface area contributed by atoms with E-state index in [4.69, 9.17) is 14.2 Å². The molecule has 0 unspecified atom stereocenters. The maximum atomic E-state index is 5.46. The summed E-state index contributed by atoms with van der Waals surface area (Å²) in [7, 11) is 4.88. The second-order valence-electron chi connectivity index (χ2n) is 5.40. The van der Waals surface area contributed by atoms with Gasteiger partial charge < -0.3 is 24.0 Å². The van der Waals surface area contributed by atoms with Gasteiger partial charge in [0.15, 0.2) is 0 Å². The molecule has 1 aliphatic rings. The van der Waals surface area contributed by atoms with Crippen LogP contribution in [-0.4, -0.2) is 57.5 Å². The number of piperazine rings is 1. The van der Waals surface area contributed by atoms with Gasteiger partial charge in [-0.05, 0) is 12.1 Å². The van der Waals surface area contributed by atoms with Gasteiger partial charge in [-0.3, -0.25) is 0 Å². The summed E-state index contributed by atoms with van der Waals surface area (Å²) < 4.78 is 15.9. The van der Waals surface area contributed by atoms with Crippen molar-refractivity contribution in [3.63, 3.8) is 0 Å². The van der Waals surface area contributed by atoms with Gasteiger partial charge in [0, 0.05) is 26.2 Å². The highest BCUT2D eigenvalue weighted by Gasteiger charge is 2.22. The van der Waals surface area contributed by atoms with Crippen molar-refractivity contribution in [3.8, 4) is 17.5 Å². The first kappa shape index (κ1) is 16.2. The fourth-order valence-corrected chi connectivity index (χ4v) is 2.78. The summed E-state index contributed by atoms with van der Waals surface area (Å²) in [5.41, 5.74) is 1.11. The van der Waals surface area contributed by atoms with Gasteiger partial charge in [0.2, 0.25) is 17.7 Å². The Morgan fingerprint density at radius 3 is 1.96 bits per heavy atom. The third-order valence-electron chi connectivity index (χ3n) is 4.07. The van der Waals surface area contributed by atoms with E-state index in [1.165, 1.54) is 0 Å². The molecular formula is C17H22N4O3. The van der Waals surface area contributed by atoms with Gasteiger partial charge in [-0.15, -0.1) is 0 Å². The quantitative estimate of drug-likeness (QED) is 0.829. The van der Waals surface area contributed by atoms with Crippen molar-refractivity contribution < 1.29 is 14.2 Å². The largest absolute Gasteiger partial charge is 0.495 e. The van der Waals surface area contributed by atoms with E-state index in [0.717, 1.165) is 37.6 Å². The number of hydrogen-bond donors (Lipinski definition) is 0. The number of hydrogen-bond acceptors (Lipinski definition) is 7. The molecule has 1 saturated heterocycles. The van der Waals surface area contributed by atoms with Gasteiger partial charge >= 0.3 is 0 Å². The highest BCUT2D eigenvalue weighted by Crippen LogP contribution is 2.29. The molecule has 0 aliphatic carbocycles. The van der Waals surface area contributed by atoms with Gasteiger partial charge in [0.05, 0.1) is 33.1 Å². The highest BCUT2D eigenvalue weighted by atomic mass is 16.5. The normalized spacial score (nSPS) is 14.5. The van der Waals surface area contributed by atoms with E-state index >= 15 is 0 Å².